The fourth-order valence-corrected chi connectivity index (χ4v) is 1.54. The predicted octanol–water partition coefficient (Wildman–Crippen LogP) is 2.68. The maximum atomic E-state index is 13.2. The van der Waals surface area contributed by atoms with Crippen LogP contribution in [0.5, 0.6) is 0 Å². The Morgan fingerprint density at radius 3 is 2.82 bits per heavy atom. The summed E-state index contributed by atoms with van der Waals surface area (Å²) in [5.74, 6) is -0.696. The van der Waals surface area contributed by atoms with Crippen molar-refractivity contribution in [3.8, 4) is 0 Å². The molecule has 0 aromatic heterocycles. The van der Waals surface area contributed by atoms with Crippen molar-refractivity contribution in [3.05, 3.63) is 32.5 Å². The molecule has 0 aliphatic carbocycles. The number of nitro groups is 1. The van der Waals surface area contributed by atoms with Gasteiger partial charge >= 0.3 is 0 Å². The number of hydrogen-bond donors (Lipinski definition) is 2. The lowest BCUT2D eigenvalue weighted by atomic mass is 10.2. The van der Waals surface area contributed by atoms with Crippen molar-refractivity contribution >= 4 is 27.3 Å². The third kappa shape index (κ3) is 3.64. The number of nitrogens with zero attached hydrogens (tertiary/aromatic N) is 1. The van der Waals surface area contributed by atoms with E-state index in [9.17, 15) is 19.6 Å². The predicted molar refractivity (Wildman–Crippen MR) is 65.5 cm³/mol. The van der Waals surface area contributed by atoms with Crippen LogP contribution < -0.4 is 5.32 Å². The van der Waals surface area contributed by atoms with Crippen molar-refractivity contribution in [1.82, 2.24) is 0 Å². The molecule has 1 atom stereocenters. The summed E-state index contributed by atoms with van der Waals surface area (Å²) in [5, 5.41) is 22.8. The van der Waals surface area contributed by atoms with Gasteiger partial charge in [0.25, 0.3) is 5.69 Å². The molecule has 94 valence electrons. The fourth-order valence-electron chi connectivity index (χ4n) is 1.20. The van der Waals surface area contributed by atoms with Gasteiger partial charge < -0.3 is 10.4 Å². The van der Waals surface area contributed by atoms with Crippen molar-refractivity contribution in [1.29, 1.82) is 0 Å². The summed E-state index contributed by atoms with van der Waals surface area (Å²) < 4.78 is 13.3. The maximum absolute atomic E-state index is 13.2. The molecule has 0 spiro atoms. The topological polar surface area (TPSA) is 75.4 Å². The van der Waals surface area contributed by atoms with E-state index >= 15 is 0 Å². The van der Waals surface area contributed by atoms with Gasteiger partial charge in [-0.3, -0.25) is 10.1 Å². The van der Waals surface area contributed by atoms with Crippen LogP contribution in [0.3, 0.4) is 0 Å². The van der Waals surface area contributed by atoms with E-state index in [2.05, 4.69) is 21.2 Å². The summed E-state index contributed by atoms with van der Waals surface area (Å²) >= 11 is 2.95. The van der Waals surface area contributed by atoms with Crippen LogP contribution in [0.4, 0.5) is 15.8 Å². The normalized spacial score (nSPS) is 12.2. The first-order valence-electron chi connectivity index (χ1n) is 5.01. The molecule has 1 rings (SSSR count). The monoisotopic (exact) mass is 306 g/mol. The molecule has 1 aromatic rings. The summed E-state index contributed by atoms with van der Waals surface area (Å²) in [6, 6.07) is 2.13. The Morgan fingerprint density at radius 2 is 2.29 bits per heavy atom. The molecule has 7 heteroatoms. The summed E-state index contributed by atoms with van der Waals surface area (Å²) in [7, 11) is 0. The summed E-state index contributed by atoms with van der Waals surface area (Å²) in [6.07, 6.45) is -0.0678. The first kappa shape index (κ1) is 13.9. The Balaban J connectivity index is 2.96. The Labute approximate surface area is 106 Å². The number of anilines is 1. The van der Waals surface area contributed by atoms with Gasteiger partial charge in [0.15, 0.2) is 0 Å². The van der Waals surface area contributed by atoms with Crippen molar-refractivity contribution in [2.24, 2.45) is 0 Å². The number of aliphatic hydroxyl groups is 1. The van der Waals surface area contributed by atoms with Gasteiger partial charge in [0.2, 0.25) is 0 Å². The number of hydrogen-bond acceptors (Lipinski definition) is 4. The second kappa shape index (κ2) is 5.92. The minimum Gasteiger partial charge on any atom is -0.391 e. The average molecular weight is 307 g/mol. The van der Waals surface area contributed by atoms with Gasteiger partial charge in [-0.25, -0.2) is 4.39 Å². The highest BCUT2D eigenvalue weighted by Gasteiger charge is 2.17. The van der Waals surface area contributed by atoms with Crippen molar-refractivity contribution < 1.29 is 14.4 Å². The fraction of sp³-hybridized carbons (Fsp3) is 0.400. The number of nitro benzene ring substituents is 1. The molecule has 0 saturated heterocycles. The van der Waals surface area contributed by atoms with E-state index in [0.717, 1.165) is 6.07 Å². The van der Waals surface area contributed by atoms with Crippen molar-refractivity contribution in [2.75, 3.05) is 11.9 Å². The van der Waals surface area contributed by atoms with Gasteiger partial charge in [-0.1, -0.05) is 6.92 Å². The molecule has 0 aliphatic rings. The second-order valence-electron chi connectivity index (χ2n) is 3.48. The van der Waals surface area contributed by atoms with Gasteiger partial charge in [-0.05, 0) is 28.4 Å². The molecule has 0 radical (unpaired) electrons. The highest BCUT2D eigenvalue weighted by molar-refractivity contribution is 9.10. The van der Waals surface area contributed by atoms with Gasteiger partial charge in [-0.15, -0.1) is 0 Å². The SMILES string of the molecule is CCC(O)CNc1cc(Br)c(F)cc1[N+](=O)[O-]. The first-order valence-corrected chi connectivity index (χ1v) is 5.80. The third-order valence-electron chi connectivity index (χ3n) is 2.23. The van der Waals surface area contributed by atoms with Crippen LogP contribution >= 0.6 is 15.9 Å². The Bertz CT molecular complexity index is 428. The van der Waals surface area contributed by atoms with Crippen molar-refractivity contribution in [3.63, 3.8) is 0 Å². The standard InChI is InChI=1S/C10H12BrFN2O3/c1-2-6(15)5-13-9-3-7(11)8(12)4-10(9)14(16)17/h3-4,6,13,15H,2,5H2,1H3. The highest BCUT2D eigenvalue weighted by atomic mass is 79.9. The quantitative estimate of drug-likeness (QED) is 0.648. The van der Waals surface area contributed by atoms with Crippen LogP contribution in [-0.2, 0) is 0 Å². The molecule has 0 amide bonds. The van der Waals surface area contributed by atoms with E-state index in [1.807, 2.05) is 0 Å². The molecule has 2 N–H and O–H groups in total. The largest absolute Gasteiger partial charge is 0.391 e. The van der Waals surface area contributed by atoms with Crippen LogP contribution in [0, 0.1) is 15.9 Å². The summed E-state index contributed by atoms with van der Waals surface area (Å²) in [6.45, 7) is 1.97. The molecule has 0 heterocycles. The lowest BCUT2D eigenvalue weighted by Crippen LogP contribution is -2.18. The zero-order valence-electron chi connectivity index (χ0n) is 9.11. The molecule has 0 fully saturated rings. The smallest absolute Gasteiger partial charge is 0.295 e. The van der Waals surface area contributed by atoms with E-state index < -0.39 is 16.8 Å². The molecule has 0 aliphatic heterocycles. The minimum atomic E-state index is -0.696. The molecule has 1 aromatic carbocycles. The number of nitrogens with one attached hydrogen (secondary N) is 1. The minimum absolute atomic E-state index is 0.136. The zero-order chi connectivity index (χ0) is 13.0. The van der Waals surface area contributed by atoms with Crippen LogP contribution in [0.25, 0.3) is 0 Å². The maximum Gasteiger partial charge on any atom is 0.295 e. The van der Waals surface area contributed by atoms with Gasteiger partial charge in [0, 0.05) is 6.54 Å². The Kier molecular flexibility index (Phi) is 4.83. The molecule has 1 unspecified atom stereocenters. The van der Waals surface area contributed by atoms with Gasteiger partial charge in [0.1, 0.15) is 11.5 Å². The lowest BCUT2D eigenvalue weighted by Gasteiger charge is -2.11. The number of aliphatic hydroxyl groups excluding tert-OH is 1. The molecule has 0 saturated carbocycles. The Morgan fingerprint density at radius 1 is 1.65 bits per heavy atom. The summed E-state index contributed by atoms with van der Waals surface area (Å²) in [5.41, 5.74) is -0.176. The third-order valence-corrected chi connectivity index (χ3v) is 2.84. The average Bonchev–Trinajstić information content (AvgIpc) is 2.29. The number of benzene rings is 1. The van der Waals surface area contributed by atoms with E-state index in [0.29, 0.717) is 6.42 Å². The summed E-state index contributed by atoms with van der Waals surface area (Å²) in [4.78, 5) is 10.1. The molecular formula is C10H12BrFN2O3. The first-order chi connectivity index (χ1) is 7.95. The number of rotatable bonds is 5. The highest BCUT2D eigenvalue weighted by Crippen LogP contribution is 2.30. The molecule has 5 nitrogen and oxygen atoms in total. The number of halogens is 2. The van der Waals surface area contributed by atoms with E-state index in [4.69, 9.17) is 0 Å². The van der Waals surface area contributed by atoms with E-state index in [-0.39, 0.29) is 22.4 Å². The van der Waals surface area contributed by atoms with Gasteiger partial charge in [0.05, 0.1) is 21.6 Å². The van der Waals surface area contributed by atoms with Gasteiger partial charge in [-0.2, -0.15) is 0 Å². The van der Waals surface area contributed by atoms with Crippen LogP contribution in [0.2, 0.25) is 0 Å². The second-order valence-corrected chi connectivity index (χ2v) is 4.34. The molecule has 0 bridgehead atoms. The van der Waals surface area contributed by atoms with Crippen LogP contribution in [0.15, 0.2) is 16.6 Å². The zero-order valence-corrected chi connectivity index (χ0v) is 10.7. The van der Waals surface area contributed by atoms with Crippen LogP contribution in [0.1, 0.15) is 13.3 Å². The van der Waals surface area contributed by atoms with E-state index in [1.165, 1.54) is 6.07 Å². The molecule has 17 heavy (non-hydrogen) atoms. The van der Waals surface area contributed by atoms with E-state index in [1.54, 1.807) is 6.92 Å². The lowest BCUT2D eigenvalue weighted by molar-refractivity contribution is -0.384. The van der Waals surface area contributed by atoms with Crippen LogP contribution in [-0.4, -0.2) is 22.7 Å². The van der Waals surface area contributed by atoms with Crippen molar-refractivity contribution in [2.45, 2.75) is 19.4 Å². The molecular weight excluding hydrogens is 295 g/mol. The Hall–Kier alpha value is -1.21.